The van der Waals surface area contributed by atoms with E-state index in [0.717, 1.165) is 72.7 Å². The summed E-state index contributed by atoms with van der Waals surface area (Å²) in [5.74, 6) is -2.49. The number of nitrogens with two attached hydrogens (primary N) is 1. The largest absolute Gasteiger partial charge is 0.477 e. The van der Waals surface area contributed by atoms with Crippen LogP contribution in [-0.4, -0.2) is 147 Å². The first-order valence-corrected chi connectivity index (χ1v) is 27.4. The Labute approximate surface area is 492 Å². The van der Waals surface area contributed by atoms with Crippen LogP contribution in [0.15, 0.2) is 97.6 Å². The molecule has 432 valence electrons. The Bertz CT molecular complexity index is 3520. The summed E-state index contributed by atoms with van der Waals surface area (Å²) in [4.78, 5) is 79.9. The highest BCUT2D eigenvalue weighted by atomic mass is 35.5. The van der Waals surface area contributed by atoms with Gasteiger partial charge in [-0.2, -0.15) is 0 Å². The minimum Gasteiger partial charge on any atom is -0.477 e. The Kier molecular flexibility index (Phi) is 22.5. The number of aromatic nitrogens is 4. The van der Waals surface area contributed by atoms with Gasteiger partial charge in [0, 0.05) is 126 Å². The van der Waals surface area contributed by atoms with E-state index in [1.165, 1.54) is 22.7 Å². The van der Waals surface area contributed by atoms with Crippen molar-refractivity contribution in [2.75, 3.05) is 100 Å². The van der Waals surface area contributed by atoms with E-state index in [4.69, 9.17) is 43.5 Å². The predicted molar refractivity (Wildman–Crippen MR) is 324 cm³/mol. The predicted octanol–water partition coefficient (Wildman–Crippen LogP) is 8.37. The van der Waals surface area contributed by atoms with Gasteiger partial charge in [0.25, 0.3) is 29.5 Å². The maximum atomic E-state index is 13.2. The number of nitrogen functional groups attached to an aromatic ring is 1. The number of thiophene rings is 2. The number of carbonyl (C=O) groups excluding carboxylic acids is 5. The highest BCUT2D eigenvalue weighted by Gasteiger charge is 2.22. The van der Waals surface area contributed by atoms with Crippen LogP contribution < -0.4 is 32.3 Å². The van der Waals surface area contributed by atoms with Gasteiger partial charge >= 0.3 is 5.97 Å². The van der Waals surface area contributed by atoms with Gasteiger partial charge in [0.05, 0.1) is 59.2 Å². The van der Waals surface area contributed by atoms with Gasteiger partial charge in [-0.05, 0) is 36.4 Å². The second kappa shape index (κ2) is 29.0. The topological polar surface area (TPSA) is 253 Å². The van der Waals surface area contributed by atoms with Gasteiger partial charge in [-0.15, -0.1) is 35.1 Å². The van der Waals surface area contributed by atoms with Crippen molar-refractivity contribution in [3.8, 4) is 0 Å². The average Bonchev–Trinajstić information content (AvgIpc) is 4.51. The zero-order chi connectivity index (χ0) is 56.3. The molecule has 81 heavy (non-hydrogen) atoms. The van der Waals surface area contributed by atoms with Crippen molar-refractivity contribution < 1.29 is 43.3 Å². The van der Waals surface area contributed by atoms with Crippen molar-refractivity contribution in [1.82, 2.24) is 38.7 Å². The third-order valence-corrected chi connectivity index (χ3v) is 16.2. The van der Waals surface area contributed by atoms with Crippen molar-refractivity contribution in [3.63, 3.8) is 0 Å². The van der Waals surface area contributed by atoms with Crippen molar-refractivity contribution in [2.45, 2.75) is 7.43 Å². The standard InChI is InChI=1S/C33H35ClN8O5S.C12H20N4O2.C9H5ClO2S.CH4.ClH/c1-39-17-20(14-24(39)30(43)35-8-9-42-10-12-47-13-11-42)36-31(44)25-15-21(18-40(25)2)37-32(45)26-16-22(19-41(26)3)38-33(46)29-28(34)23-6-4-5-7-27(23)48-29;1-15-9-10(13)8-11(15)12(17)14-2-3-16-4-6-18-7-5-16;10-7-5-3-1-2-4-6(5)13-8(7)9(11)12;;/h4-7,14-19H,8-13H2,1-3H3,(H,35,43)(H,36,44)(H,37,45)(H,38,46);8-9H,2-7,13H2,1H3,(H,14,17);1-4H,(H,11,12);1H4;1H. The summed E-state index contributed by atoms with van der Waals surface area (Å²) < 4.78 is 19.0. The monoisotopic (exact) mass is 1210 g/mol. The van der Waals surface area contributed by atoms with Crippen LogP contribution in [0.25, 0.3) is 20.2 Å². The van der Waals surface area contributed by atoms with E-state index in [0.29, 0.717) is 86.8 Å². The fraction of sp³-hybridized carbons (Fsp3) is 0.309. The van der Waals surface area contributed by atoms with Gasteiger partial charge in [0.2, 0.25) is 0 Å². The molecule has 2 aromatic carbocycles. The summed E-state index contributed by atoms with van der Waals surface area (Å²) >= 11 is 14.8. The van der Waals surface area contributed by atoms with Crippen molar-refractivity contribution in [2.24, 2.45) is 28.2 Å². The van der Waals surface area contributed by atoms with E-state index in [-0.39, 0.29) is 42.4 Å². The lowest BCUT2D eigenvalue weighted by molar-refractivity contribution is 0.0382. The number of amides is 5. The number of hydrogen-bond acceptors (Lipinski definition) is 13. The maximum absolute atomic E-state index is 13.2. The Balaban J connectivity index is 0.000000260. The second-order valence-corrected chi connectivity index (χ2v) is 21.4. The summed E-state index contributed by atoms with van der Waals surface area (Å²) in [5.41, 5.74) is 9.15. The number of fused-ring (bicyclic) bond motifs is 2. The molecule has 0 spiro atoms. The molecule has 21 nitrogen and oxygen atoms in total. The fourth-order valence-corrected chi connectivity index (χ4v) is 11.5. The molecule has 8 heterocycles. The molecular weight excluding hydrogens is 1140 g/mol. The number of carboxylic acid groups (broad SMARTS) is 1. The number of anilines is 4. The first-order chi connectivity index (χ1) is 37.9. The molecule has 0 saturated carbocycles. The Morgan fingerprint density at radius 1 is 0.543 bits per heavy atom. The van der Waals surface area contributed by atoms with Gasteiger partial charge in [0.15, 0.2) is 0 Å². The van der Waals surface area contributed by atoms with E-state index < -0.39 is 17.8 Å². The van der Waals surface area contributed by atoms with Gasteiger partial charge in [-0.25, -0.2) is 4.79 Å². The molecule has 0 radical (unpaired) electrons. The number of morpholine rings is 2. The number of nitrogens with zero attached hydrogens (tertiary/aromatic N) is 6. The maximum Gasteiger partial charge on any atom is 0.347 e. The zero-order valence-electron chi connectivity index (χ0n) is 44.2. The SMILES string of the molecule is C.Cl.Cn1cc(N)cc1C(=O)NCCN1CCOCC1.Cn1cc(NC(=O)c2cc(NC(=O)c3cc(NC(=O)c4sc5ccccc5c4Cl)cn3C)cn2C)cc1C(=O)NCCN1CCOCC1.O=C(O)c1sc2ccccc2c1Cl. The molecule has 6 aromatic heterocycles. The Morgan fingerprint density at radius 2 is 0.901 bits per heavy atom. The molecule has 8 aromatic rings. The lowest BCUT2D eigenvalue weighted by atomic mass is 10.2. The van der Waals surface area contributed by atoms with E-state index in [1.54, 1.807) is 88.5 Å². The molecule has 2 saturated heterocycles. The second-order valence-electron chi connectivity index (χ2n) is 18.5. The van der Waals surface area contributed by atoms with Gasteiger partial charge in [-0.3, -0.25) is 33.8 Å². The number of carbonyl (C=O) groups is 6. The van der Waals surface area contributed by atoms with Crippen molar-refractivity contribution >= 4 is 137 Å². The molecule has 2 aliphatic rings. The number of halogens is 3. The van der Waals surface area contributed by atoms with E-state index >= 15 is 0 Å². The quantitative estimate of drug-likeness (QED) is 0.0511. The van der Waals surface area contributed by atoms with Crippen molar-refractivity contribution in [3.05, 3.63) is 140 Å². The summed E-state index contributed by atoms with van der Waals surface area (Å²) in [7, 11) is 6.94. The number of rotatable bonds is 15. The normalized spacial score (nSPS) is 13.4. The molecule has 2 fully saturated rings. The first-order valence-electron chi connectivity index (χ1n) is 25.0. The third-order valence-electron chi connectivity index (χ3n) is 12.8. The van der Waals surface area contributed by atoms with Crippen LogP contribution in [0, 0.1) is 0 Å². The number of aromatic carboxylic acids is 1. The number of nitrogens with one attached hydrogen (secondary N) is 5. The van der Waals surface area contributed by atoms with E-state index in [9.17, 15) is 28.8 Å². The summed E-state index contributed by atoms with van der Waals surface area (Å²) in [6.07, 6.45) is 6.66. The van der Waals surface area contributed by atoms with Crippen LogP contribution in [0.2, 0.25) is 10.0 Å². The third kappa shape index (κ3) is 16.1. The number of hydrogen-bond donors (Lipinski definition) is 7. The molecule has 26 heteroatoms. The molecule has 2 aliphatic heterocycles. The molecular formula is C55H65Cl3N12O9S2. The highest BCUT2D eigenvalue weighted by molar-refractivity contribution is 7.22. The molecule has 0 aliphatic carbocycles. The minimum atomic E-state index is -0.966. The lowest BCUT2D eigenvalue weighted by Gasteiger charge is -2.26. The number of benzene rings is 2. The Hall–Kier alpha value is -7.19. The summed E-state index contributed by atoms with van der Waals surface area (Å²) in [6, 6.07) is 21.3. The fourth-order valence-electron chi connectivity index (χ4n) is 8.77. The number of carboxylic acids is 1. The molecule has 8 N–H and O–H groups in total. The van der Waals surface area contributed by atoms with Crippen LogP contribution in [0.1, 0.15) is 68.7 Å². The first kappa shape index (κ1) is 63.0. The molecule has 10 rings (SSSR count). The van der Waals surface area contributed by atoms with Crippen LogP contribution in [0.4, 0.5) is 22.7 Å². The molecule has 0 atom stereocenters. The lowest BCUT2D eigenvalue weighted by Crippen LogP contribution is -2.41. The summed E-state index contributed by atoms with van der Waals surface area (Å²) in [5, 5.41) is 25.4. The van der Waals surface area contributed by atoms with Gasteiger partial charge in [0.1, 0.15) is 32.5 Å². The minimum absolute atomic E-state index is 0. The molecule has 5 amide bonds. The van der Waals surface area contributed by atoms with Crippen LogP contribution >= 0.6 is 58.3 Å². The number of ether oxygens (including phenoxy) is 2. The van der Waals surface area contributed by atoms with E-state index in [2.05, 4.69) is 36.4 Å². The van der Waals surface area contributed by atoms with Crippen LogP contribution in [-0.2, 0) is 37.7 Å². The zero-order valence-corrected chi connectivity index (χ0v) is 48.1. The van der Waals surface area contributed by atoms with Crippen molar-refractivity contribution in [1.29, 1.82) is 0 Å². The Morgan fingerprint density at radius 3 is 1.30 bits per heavy atom. The average molecular weight is 1210 g/mol. The summed E-state index contributed by atoms with van der Waals surface area (Å²) in [6.45, 7) is 9.26. The highest BCUT2D eigenvalue weighted by Crippen LogP contribution is 2.36. The number of aryl methyl sites for hydroxylation is 4. The molecule has 0 unspecified atom stereocenters. The molecule has 0 bridgehead atoms. The van der Waals surface area contributed by atoms with E-state index in [1.807, 2.05) is 55.6 Å². The van der Waals surface area contributed by atoms with Gasteiger partial charge < -0.3 is 65.2 Å². The van der Waals surface area contributed by atoms with Crippen LogP contribution in [0.3, 0.4) is 0 Å². The van der Waals surface area contributed by atoms with Gasteiger partial charge in [-0.1, -0.05) is 67.0 Å². The van der Waals surface area contributed by atoms with Crippen LogP contribution in [0.5, 0.6) is 0 Å². The smallest absolute Gasteiger partial charge is 0.347 e.